The Balaban J connectivity index is 2.21. The molecule has 0 aliphatic rings. The average molecular weight is 304 g/mol. The Bertz CT molecular complexity index is 585. The van der Waals surface area contributed by atoms with E-state index in [9.17, 15) is 4.79 Å². The van der Waals surface area contributed by atoms with Gasteiger partial charge in [0.15, 0.2) is 0 Å². The van der Waals surface area contributed by atoms with Crippen molar-refractivity contribution in [3.05, 3.63) is 48.0 Å². The molecule has 0 fully saturated rings. The molecule has 0 saturated heterocycles. The van der Waals surface area contributed by atoms with Gasteiger partial charge in [0.2, 0.25) is 0 Å². The summed E-state index contributed by atoms with van der Waals surface area (Å²) in [5, 5.41) is 4.10. The highest BCUT2D eigenvalue weighted by Crippen LogP contribution is 2.15. The molecule has 0 bridgehead atoms. The molecule has 112 valence electrons. The number of carbonyl (C=O) groups excluding carboxylic acids is 1. The van der Waals surface area contributed by atoms with Crippen molar-refractivity contribution in [1.29, 1.82) is 0 Å². The maximum Gasteiger partial charge on any atom is 0.254 e. The maximum atomic E-state index is 12.7. The molecule has 0 N–H and O–H groups in total. The van der Waals surface area contributed by atoms with Crippen LogP contribution in [0.25, 0.3) is 0 Å². The average Bonchev–Trinajstić information content (AvgIpc) is 2.99. The van der Waals surface area contributed by atoms with Gasteiger partial charge in [0.1, 0.15) is 12.7 Å². The highest BCUT2D eigenvalue weighted by atomic mass is 32.2. The zero-order valence-electron chi connectivity index (χ0n) is 12.6. The second kappa shape index (κ2) is 7.26. The van der Waals surface area contributed by atoms with Crippen molar-refractivity contribution in [3.63, 3.8) is 0 Å². The Kier molecular flexibility index (Phi) is 5.38. The summed E-state index contributed by atoms with van der Waals surface area (Å²) in [6.07, 6.45) is 5.20. The number of hydrogen-bond donors (Lipinski definition) is 0. The van der Waals surface area contributed by atoms with Gasteiger partial charge in [0.25, 0.3) is 5.91 Å². The Hall–Kier alpha value is -1.82. The number of thioether (sulfide) groups is 1. The largest absolute Gasteiger partial charge is 0.338 e. The first-order valence-electron chi connectivity index (χ1n) is 6.80. The summed E-state index contributed by atoms with van der Waals surface area (Å²) in [7, 11) is 1.86. The molecular formula is C15H20N4OS. The van der Waals surface area contributed by atoms with Crippen LogP contribution in [0.4, 0.5) is 0 Å². The van der Waals surface area contributed by atoms with Gasteiger partial charge < -0.3 is 4.90 Å². The Morgan fingerprint density at radius 1 is 1.43 bits per heavy atom. The zero-order valence-corrected chi connectivity index (χ0v) is 13.4. The first-order valence-corrected chi connectivity index (χ1v) is 8.19. The second-order valence-electron chi connectivity index (χ2n) is 4.97. The predicted molar refractivity (Wildman–Crippen MR) is 85.5 cm³/mol. The van der Waals surface area contributed by atoms with Gasteiger partial charge in [-0.25, -0.2) is 9.67 Å². The first-order chi connectivity index (χ1) is 10.1. The summed E-state index contributed by atoms with van der Waals surface area (Å²) in [6, 6.07) is 7.87. The highest BCUT2D eigenvalue weighted by molar-refractivity contribution is 7.98. The van der Waals surface area contributed by atoms with Crippen molar-refractivity contribution in [2.45, 2.75) is 19.5 Å². The standard InChI is InChI=1S/C15H20N4OS/c1-12(9-21-3)18(2)15(20)14-7-5-4-6-13(14)8-19-11-16-10-17-19/h4-7,10-12H,8-9H2,1-3H3. The van der Waals surface area contributed by atoms with E-state index in [1.54, 1.807) is 27.7 Å². The van der Waals surface area contributed by atoms with E-state index >= 15 is 0 Å². The fraction of sp³-hybridized carbons (Fsp3) is 0.400. The number of hydrogen-bond acceptors (Lipinski definition) is 4. The van der Waals surface area contributed by atoms with E-state index in [1.165, 1.54) is 6.33 Å². The molecule has 6 heteroatoms. The maximum absolute atomic E-state index is 12.7. The third-order valence-corrected chi connectivity index (χ3v) is 4.25. The van der Waals surface area contributed by atoms with Crippen molar-refractivity contribution in [3.8, 4) is 0 Å². The summed E-state index contributed by atoms with van der Waals surface area (Å²) in [6.45, 7) is 2.61. The summed E-state index contributed by atoms with van der Waals surface area (Å²) >= 11 is 1.74. The van der Waals surface area contributed by atoms with Crippen molar-refractivity contribution in [2.75, 3.05) is 19.1 Å². The van der Waals surface area contributed by atoms with Gasteiger partial charge in [0, 0.05) is 24.4 Å². The van der Waals surface area contributed by atoms with E-state index in [4.69, 9.17) is 0 Å². The molecule has 0 radical (unpaired) electrons. The quantitative estimate of drug-likeness (QED) is 0.820. The smallest absolute Gasteiger partial charge is 0.254 e. The molecule has 1 atom stereocenters. The van der Waals surface area contributed by atoms with Gasteiger partial charge >= 0.3 is 0 Å². The lowest BCUT2D eigenvalue weighted by Crippen LogP contribution is -2.37. The topological polar surface area (TPSA) is 51.0 Å². The number of nitrogens with zero attached hydrogens (tertiary/aromatic N) is 4. The SMILES string of the molecule is CSCC(C)N(C)C(=O)c1ccccc1Cn1cncn1. The summed E-state index contributed by atoms with van der Waals surface area (Å²) in [5.41, 5.74) is 1.68. The third-order valence-electron chi connectivity index (χ3n) is 3.44. The molecule has 21 heavy (non-hydrogen) atoms. The molecule has 5 nitrogen and oxygen atoms in total. The molecule has 0 saturated carbocycles. The molecule has 0 spiro atoms. The molecule has 0 aliphatic carbocycles. The van der Waals surface area contributed by atoms with E-state index in [0.29, 0.717) is 6.54 Å². The highest BCUT2D eigenvalue weighted by Gasteiger charge is 2.19. The van der Waals surface area contributed by atoms with Gasteiger partial charge in [-0.05, 0) is 24.8 Å². The van der Waals surface area contributed by atoms with Gasteiger partial charge in [-0.3, -0.25) is 4.79 Å². The van der Waals surface area contributed by atoms with E-state index in [1.807, 2.05) is 37.6 Å². The Morgan fingerprint density at radius 3 is 2.86 bits per heavy atom. The van der Waals surface area contributed by atoms with E-state index < -0.39 is 0 Å². The lowest BCUT2D eigenvalue weighted by molar-refractivity contribution is 0.0756. The Labute approximate surface area is 129 Å². The van der Waals surface area contributed by atoms with Crippen LogP contribution in [0.5, 0.6) is 0 Å². The van der Waals surface area contributed by atoms with Gasteiger partial charge in [0.05, 0.1) is 6.54 Å². The number of amides is 1. The summed E-state index contributed by atoms with van der Waals surface area (Å²) < 4.78 is 1.72. The summed E-state index contributed by atoms with van der Waals surface area (Å²) in [4.78, 5) is 18.4. The number of rotatable bonds is 6. The van der Waals surface area contributed by atoms with Crippen LogP contribution in [0.1, 0.15) is 22.8 Å². The molecule has 1 unspecified atom stereocenters. The molecular weight excluding hydrogens is 284 g/mol. The van der Waals surface area contributed by atoms with E-state index in [-0.39, 0.29) is 11.9 Å². The molecule has 1 aromatic carbocycles. The fourth-order valence-electron chi connectivity index (χ4n) is 2.10. The van der Waals surface area contributed by atoms with Crippen LogP contribution < -0.4 is 0 Å². The zero-order chi connectivity index (χ0) is 15.2. The lowest BCUT2D eigenvalue weighted by Gasteiger charge is -2.25. The van der Waals surface area contributed by atoms with Crippen molar-refractivity contribution >= 4 is 17.7 Å². The van der Waals surface area contributed by atoms with E-state index in [2.05, 4.69) is 17.0 Å². The van der Waals surface area contributed by atoms with Crippen LogP contribution in [0.3, 0.4) is 0 Å². The fourth-order valence-corrected chi connectivity index (χ4v) is 2.80. The number of benzene rings is 1. The molecule has 2 aromatic rings. The van der Waals surface area contributed by atoms with Gasteiger partial charge in [-0.2, -0.15) is 16.9 Å². The minimum atomic E-state index is 0.0484. The van der Waals surface area contributed by atoms with Crippen LogP contribution >= 0.6 is 11.8 Å². The molecule has 1 amide bonds. The van der Waals surface area contributed by atoms with Crippen LogP contribution in [0.2, 0.25) is 0 Å². The van der Waals surface area contributed by atoms with Gasteiger partial charge in [-0.15, -0.1) is 0 Å². The van der Waals surface area contributed by atoms with Crippen LogP contribution in [-0.4, -0.2) is 50.7 Å². The minimum absolute atomic E-state index is 0.0484. The normalized spacial score (nSPS) is 12.1. The van der Waals surface area contributed by atoms with Crippen LogP contribution in [0, 0.1) is 0 Å². The predicted octanol–water partition coefficient (Wildman–Crippen LogP) is 2.15. The van der Waals surface area contributed by atoms with Crippen molar-refractivity contribution in [1.82, 2.24) is 19.7 Å². The molecule has 2 rings (SSSR count). The number of aromatic nitrogens is 3. The molecule has 0 aliphatic heterocycles. The molecule has 1 heterocycles. The van der Waals surface area contributed by atoms with Gasteiger partial charge in [-0.1, -0.05) is 18.2 Å². The van der Waals surface area contributed by atoms with Crippen LogP contribution in [0.15, 0.2) is 36.9 Å². The monoisotopic (exact) mass is 304 g/mol. The van der Waals surface area contributed by atoms with Crippen molar-refractivity contribution in [2.24, 2.45) is 0 Å². The Morgan fingerprint density at radius 2 is 2.19 bits per heavy atom. The minimum Gasteiger partial charge on any atom is -0.338 e. The van der Waals surface area contributed by atoms with E-state index in [0.717, 1.165) is 16.9 Å². The second-order valence-corrected chi connectivity index (χ2v) is 5.88. The summed E-state index contributed by atoms with van der Waals surface area (Å²) in [5.74, 6) is 0.972. The first kappa shape index (κ1) is 15.6. The molecule has 1 aromatic heterocycles. The third kappa shape index (κ3) is 3.85. The van der Waals surface area contributed by atoms with Crippen LogP contribution in [-0.2, 0) is 6.54 Å². The lowest BCUT2D eigenvalue weighted by atomic mass is 10.1. The number of carbonyl (C=O) groups is 1. The van der Waals surface area contributed by atoms with Crippen molar-refractivity contribution < 1.29 is 4.79 Å².